The number of hydrogen-bond donors (Lipinski definition) is 2. The van der Waals surface area contributed by atoms with E-state index in [0.29, 0.717) is 29.2 Å². The second kappa shape index (κ2) is 8.39. The third-order valence-corrected chi connectivity index (χ3v) is 3.90. The summed E-state index contributed by atoms with van der Waals surface area (Å²) in [6.45, 7) is 0. The number of nitrogens with two attached hydrogens (primary N) is 1. The molecule has 0 bridgehead atoms. The zero-order chi connectivity index (χ0) is 21.9. The topological polar surface area (TPSA) is 111 Å². The van der Waals surface area contributed by atoms with Crippen molar-refractivity contribution < 1.29 is 36.6 Å². The summed E-state index contributed by atoms with van der Waals surface area (Å²) < 4.78 is 56.5. The Hall–Kier alpha value is -3.63. The first kappa shape index (κ1) is 21.1. The second-order valence-electron chi connectivity index (χ2n) is 6.34. The first-order chi connectivity index (χ1) is 14.1. The lowest BCUT2D eigenvalue weighted by molar-refractivity contribution is -0.192. The Balaban J connectivity index is 0.000000318. The standard InChI is InChI=1S/C17H14FN3O2.C2HF3O2/c18-14-9-13(6-7-15(14)19)22-12-3-1-2-11(8-12)17-21-20-16(23-17)10-4-5-10;3-2(4,5)1(6)7/h1-3,6-10H,4-5,19H2;(H,6,7). The van der Waals surface area contributed by atoms with Gasteiger partial charge in [-0.25, -0.2) is 9.18 Å². The number of aliphatic carboxylic acids is 1. The Morgan fingerprint density at radius 1 is 1.13 bits per heavy atom. The molecule has 2 aromatic carbocycles. The Kier molecular flexibility index (Phi) is 5.90. The van der Waals surface area contributed by atoms with E-state index < -0.39 is 18.0 Å². The molecule has 30 heavy (non-hydrogen) atoms. The minimum absolute atomic E-state index is 0.0876. The van der Waals surface area contributed by atoms with Gasteiger partial charge in [-0.1, -0.05) is 6.07 Å². The van der Waals surface area contributed by atoms with Gasteiger partial charge in [-0.2, -0.15) is 13.2 Å². The van der Waals surface area contributed by atoms with E-state index >= 15 is 0 Å². The molecule has 0 amide bonds. The van der Waals surface area contributed by atoms with Crippen LogP contribution in [0.1, 0.15) is 24.7 Å². The molecule has 1 aliphatic carbocycles. The fourth-order valence-electron chi connectivity index (χ4n) is 2.25. The van der Waals surface area contributed by atoms with Crippen LogP contribution < -0.4 is 10.5 Å². The quantitative estimate of drug-likeness (QED) is 0.458. The fourth-order valence-corrected chi connectivity index (χ4v) is 2.25. The summed E-state index contributed by atoms with van der Waals surface area (Å²) in [6, 6.07) is 11.6. The molecule has 1 aliphatic rings. The van der Waals surface area contributed by atoms with Crippen LogP contribution in [-0.2, 0) is 4.79 Å². The lowest BCUT2D eigenvalue weighted by Crippen LogP contribution is -2.21. The molecular weight excluding hydrogens is 410 g/mol. The number of anilines is 1. The molecule has 0 radical (unpaired) electrons. The molecule has 3 N–H and O–H groups in total. The number of rotatable bonds is 4. The number of halogens is 4. The van der Waals surface area contributed by atoms with Gasteiger partial charge in [-0.3, -0.25) is 0 Å². The number of aromatic nitrogens is 2. The smallest absolute Gasteiger partial charge is 0.475 e. The van der Waals surface area contributed by atoms with Crippen LogP contribution in [0.15, 0.2) is 46.9 Å². The summed E-state index contributed by atoms with van der Waals surface area (Å²) in [6.07, 6.45) is -2.87. The average molecular weight is 425 g/mol. The summed E-state index contributed by atoms with van der Waals surface area (Å²) >= 11 is 0. The van der Waals surface area contributed by atoms with Gasteiger partial charge in [-0.15, -0.1) is 10.2 Å². The molecule has 4 rings (SSSR count). The van der Waals surface area contributed by atoms with E-state index in [2.05, 4.69) is 10.2 Å². The summed E-state index contributed by atoms with van der Waals surface area (Å²) in [4.78, 5) is 8.90. The van der Waals surface area contributed by atoms with E-state index in [1.807, 2.05) is 12.1 Å². The molecule has 1 saturated carbocycles. The van der Waals surface area contributed by atoms with Crippen molar-refractivity contribution in [3.8, 4) is 23.0 Å². The normalized spacial score (nSPS) is 13.3. The van der Waals surface area contributed by atoms with Crippen LogP contribution in [0.3, 0.4) is 0 Å². The van der Waals surface area contributed by atoms with Gasteiger partial charge in [0.25, 0.3) is 0 Å². The molecule has 1 heterocycles. The van der Waals surface area contributed by atoms with Gasteiger partial charge in [0.2, 0.25) is 11.8 Å². The minimum atomic E-state index is -5.08. The molecule has 11 heteroatoms. The SMILES string of the molecule is Nc1ccc(Oc2cccc(-c3nnc(C4CC4)o3)c2)cc1F.O=C(O)C(F)(F)F. The predicted molar refractivity (Wildman–Crippen MR) is 96.3 cm³/mol. The highest BCUT2D eigenvalue weighted by atomic mass is 19.4. The van der Waals surface area contributed by atoms with Crippen LogP contribution in [0.5, 0.6) is 11.5 Å². The highest BCUT2D eigenvalue weighted by molar-refractivity contribution is 5.73. The third kappa shape index (κ3) is 5.46. The van der Waals surface area contributed by atoms with E-state index in [1.54, 1.807) is 18.2 Å². The number of nitrogen functional groups attached to an aromatic ring is 1. The highest BCUT2D eigenvalue weighted by Crippen LogP contribution is 2.40. The Morgan fingerprint density at radius 2 is 1.80 bits per heavy atom. The molecule has 0 saturated heterocycles. The van der Waals surface area contributed by atoms with Gasteiger partial charge in [0.15, 0.2) is 0 Å². The van der Waals surface area contributed by atoms with E-state index in [9.17, 15) is 17.6 Å². The number of nitrogens with zero attached hydrogens (tertiary/aromatic N) is 2. The largest absolute Gasteiger partial charge is 0.490 e. The molecule has 158 valence electrons. The Bertz CT molecular complexity index is 1050. The summed E-state index contributed by atoms with van der Waals surface area (Å²) in [5, 5.41) is 15.3. The summed E-state index contributed by atoms with van der Waals surface area (Å²) in [5.41, 5.74) is 6.31. The molecule has 1 aromatic heterocycles. The number of ether oxygens (including phenoxy) is 1. The number of carboxylic acids is 1. The van der Waals surface area contributed by atoms with Crippen LogP contribution >= 0.6 is 0 Å². The van der Waals surface area contributed by atoms with Gasteiger partial charge in [0.05, 0.1) is 5.69 Å². The van der Waals surface area contributed by atoms with Gasteiger partial charge in [0, 0.05) is 17.5 Å². The van der Waals surface area contributed by atoms with E-state index in [1.165, 1.54) is 12.1 Å². The maximum atomic E-state index is 13.5. The number of carboxylic acid groups (broad SMARTS) is 1. The van der Waals surface area contributed by atoms with E-state index in [0.717, 1.165) is 18.4 Å². The van der Waals surface area contributed by atoms with Gasteiger partial charge < -0.3 is 20.0 Å². The zero-order valence-electron chi connectivity index (χ0n) is 15.2. The maximum Gasteiger partial charge on any atom is 0.490 e. The number of hydrogen-bond acceptors (Lipinski definition) is 6. The number of benzene rings is 2. The molecule has 0 atom stereocenters. The van der Waals surface area contributed by atoms with Crippen LogP contribution in [-0.4, -0.2) is 27.4 Å². The summed E-state index contributed by atoms with van der Waals surface area (Å²) in [5.74, 6) is -0.783. The van der Waals surface area contributed by atoms with Crippen molar-refractivity contribution in [1.82, 2.24) is 10.2 Å². The van der Waals surface area contributed by atoms with Crippen LogP contribution in [0.4, 0.5) is 23.2 Å². The van der Waals surface area contributed by atoms with Crippen molar-refractivity contribution in [1.29, 1.82) is 0 Å². The highest BCUT2D eigenvalue weighted by Gasteiger charge is 2.38. The van der Waals surface area contributed by atoms with Crippen molar-refractivity contribution in [2.75, 3.05) is 5.73 Å². The summed E-state index contributed by atoms with van der Waals surface area (Å²) in [7, 11) is 0. The molecule has 0 spiro atoms. The Morgan fingerprint density at radius 3 is 2.40 bits per heavy atom. The van der Waals surface area contributed by atoms with Crippen molar-refractivity contribution >= 4 is 11.7 Å². The first-order valence-electron chi connectivity index (χ1n) is 8.60. The zero-order valence-corrected chi connectivity index (χ0v) is 15.2. The molecule has 7 nitrogen and oxygen atoms in total. The van der Waals surface area contributed by atoms with Crippen LogP contribution in [0.25, 0.3) is 11.5 Å². The fraction of sp³-hybridized carbons (Fsp3) is 0.211. The van der Waals surface area contributed by atoms with Crippen molar-refractivity contribution in [3.63, 3.8) is 0 Å². The number of alkyl halides is 3. The van der Waals surface area contributed by atoms with E-state index in [4.69, 9.17) is 24.8 Å². The number of carbonyl (C=O) groups is 1. The second-order valence-corrected chi connectivity index (χ2v) is 6.34. The van der Waals surface area contributed by atoms with Crippen molar-refractivity contribution in [3.05, 3.63) is 54.2 Å². The molecular formula is C19H15F4N3O4. The van der Waals surface area contributed by atoms with E-state index in [-0.39, 0.29) is 5.69 Å². The van der Waals surface area contributed by atoms with Gasteiger partial charge >= 0.3 is 12.1 Å². The van der Waals surface area contributed by atoms with Crippen molar-refractivity contribution in [2.45, 2.75) is 24.9 Å². The van der Waals surface area contributed by atoms with Gasteiger partial charge in [0.1, 0.15) is 17.3 Å². The minimum Gasteiger partial charge on any atom is -0.475 e. The Labute approximate surface area is 167 Å². The molecule has 3 aromatic rings. The van der Waals surface area contributed by atoms with Crippen LogP contribution in [0.2, 0.25) is 0 Å². The predicted octanol–water partition coefficient (Wildman–Crippen LogP) is 4.76. The van der Waals surface area contributed by atoms with Crippen LogP contribution in [0, 0.1) is 5.82 Å². The first-order valence-corrected chi connectivity index (χ1v) is 8.60. The monoisotopic (exact) mass is 425 g/mol. The molecule has 0 unspecified atom stereocenters. The molecule has 0 aliphatic heterocycles. The average Bonchev–Trinajstić information content (AvgIpc) is 3.41. The van der Waals surface area contributed by atoms with Crippen molar-refractivity contribution in [2.24, 2.45) is 0 Å². The molecule has 1 fully saturated rings. The maximum absolute atomic E-state index is 13.5. The lowest BCUT2D eigenvalue weighted by atomic mass is 10.2. The third-order valence-electron chi connectivity index (χ3n) is 3.90. The van der Waals surface area contributed by atoms with Gasteiger partial charge in [-0.05, 0) is 43.2 Å². The lowest BCUT2D eigenvalue weighted by Gasteiger charge is -2.07.